The van der Waals surface area contributed by atoms with Gasteiger partial charge in [0.05, 0.1) is 13.0 Å². The Bertz CT molecular complexity index is 707. The Morgan fingerprint density at radius 2 is 1.78 bits per heavy atom. The molecule has 0 saturated carbocycles. The number of carbonyl (C=O) groups excluding carboxylic acids is 1. The Morgan fingerprint density at radius 3 is 2.30 bits per heavy atom. The van der Waals surface area contributed by atoms with E-state index in [-0.39, 0.29) is 10.8 Å². The highest BCUT2D eigenvalue weighted by atomic mass is 35.5. The lowest BCUT2D eigenvalue weighted by Gasteiger charge is -2.43. The summed E-state index contributed by atoms with van der Waals surface area (Å²) in [5.74, 6) is 0.532. The molecule has 0 atom stereocenters. The first-order valence-electron chi connectivity index (χ1n) is 7.86. The molecule has 1 heterocycles. The Balaban J connectivity index is 2.58. The molecule has 0 unspecified atom stereocenters. The van der Waals surface area contributed by atoms with E-state index in [0.29, 0.717) is 21.5 Å². The molecule has 0 bridgehead atoms. The molecular formula is C18H24ClNOSSi. The normalized spacial score (nSPS) is 12.7. The molecule has 0 aliphatic carbocycles. The van der Waals surface area contributed by atoms with Gasteiger partial charge in [-0.1, -0.05) is 82.7 Å². The van der Waals surface area contributed by atoms with Crippen molar-refractivity contribution in [2.45, 2.75) is 45.8 Å². The minimum atomic E-state index is -2.01. The fourth-order valence-electron chi connectivity index (χ4n) is 2.73. The van der Waals surface area contributed by atoms with Crippen molar-refractivity contribution in [2.75, 3.05) is 0 Å². The molecule has 0 fully saturated rings. The Labute approximate surface area is 149 Å². The predicted octanol–water partition coefficient (Wildman–Crippen LogP) is 5.38. The number of nitrogens with zero attached hydrogens (tertiary/aromatic N) is 1. The highest BCUT2D eigenvalue weighted by molar-refractivity contribution is 7.12. The molecule has 1 aromatic carbocycles. The molecule has 0 N–H and O–H groups in total. The van der Waals surface area contributed by atoms with Crippen LogP contribution in [0.3, 0.4) is 0 Å². The van der Waals surface area contributed by atoms with Gasteiger partial charge in [0.2, 0.25) is 5.78 Å². The largest absolute Gasteiger partial charge is 0.288 e. The zero-order valence-electron chi connectivity index (χ0n) is 14.6. The molecule has 0 aliphatic rings. The molecule has 0 radical (unpaired) electrons. The quantitative estimate of drug-likeness (QED) is 0.526. The van der Waals surface area contributed by atoms with Crippen molar-refractivity contribution < 1.29 is 4.79 Å². The third-order valence-corrected chi connectivity index (χ3v) is 12.7. The summed E-state index contributed by atoms with van der Waals surface area (Å²) in [6.07, 6.45) is 0. The number of rotatable bonds is 5. The number of hydrogen-bond acceptors (Lipinski definition) is 3. The van der Waals surface area contributed by atoms with Crippen LogP contribution in [0.4, 0.5) is 0 Å². The van der Waals surface area contributed by atoms with Crippen molar-refractivity contribution in [3.05, 3.63) is 45.9 Å². The third kappa shape index (κ3) is 3.17. The van der Waals surface area contributed by atoms with Gasteiger partial charge in [-0.2, -0.15) is 4.37 Å². The minimum Gasteiger partial charge on any atom is -0.288 e. The van der Waals surface area contributed by atoms with E-state index >= 15 is 0 Å². The van der Waals surface area contributed by atoms with E-state index in [4.69, 9.17) is 11.6 Å². The van der Waals surface area contributed by atoms with Crippen molar-refractivity contribution in [1.29, 1.82) is 0 Å². The van der Waals surface area contributed by atoms with E-state index in [0.717, 1.165) is 5.19 Å². The van der Waals surface area contributed by atoms with E-state index < -0.39 is 8.07 Å². The van der Waals surface area contributed by atoms with Crippen molar-refractivity contribution >= 4 is 42.2 Å². The van der Waals surface area contributed by atoms with Crippen LogP contribution in [0.2, 0.25) is 23.3 Å². The zero-order chi connectivity index (χ0) is 17.4. The highest BCUT2D eigenvalue weighted by Gasteiger charge is 2.46. The number of halogens is 1. The van der Waals surface area contributed by atoms with Gasteiger partial charge in [-0.05, 0) is 22.5 Å². The van der Waals surface area contributed by atoms with Gasteiger partial charge in [0.25, 0.3) is 0 Å². The number of aromatic nitrogens is 1. The summed E-state index contributed by atoms with van der Waals surface area (Å²) in [6.45, 7) is 13.6. The summed E-state index contributed by atoms with van der Waals surface area (Å²) >= 11 is 7.69. The average molecular weight is 366 g/mol. The fourth-order valence-corrected chi connectivity index (χ4v) is 8.67. The molecule has 0 aliphatic heterocycles. The Morgan fingerprint density at radius 1 is 1.22 bits per heavy atom. The van der Waals surface area contributed by atoms with Crippen LogP contribution in [-0.4, -0.2) is 18.2 Å². The molecule has 23 heavy (non-hydrogen) atoms. The monoisotopic (exact) mass is 365 g/mol. The van der Waals surface area contributed by atoms with Gasteiger partial charge < -0.3 is 0 Å². The van der Waals surface area contributed by atoms with Crippen LogP contribution in [-0.2, 0) is 0 Å². The lowest BCUT2D eigenvalue weighted by molar-refractivity contribution is 0.104. The molecule has 124 valence electrons. The molecule has 0 amide bonds. The molecule has 2 rings (SSSR count). The first-order chi connectivity index (χ1) is 10.6. The molecule has 2 aromatic rings. The molecule has 0 saturated heterocycles. The number of hydrogen-bond donors (Lipinski definition) is 0. The second-order valence-corrected chi connectivity index (χ2v) is 13.5. The summed E-state index contributed by atoms with van der Waals surface area (Å²) in [5, 5.41) is 1.63. The standard InChI is InChI=1S/C18H24ClNOSSi/c1-12(2)18(3,4)23(5,6)16-15(22-20-17(16)19)14(21)13-10-8-7-9-11-13/h7-12H,1-6H3. The van der Waals surface area contributed by atoms with Gasteiger partial charge in [0, 0.05) is 10.8 Å². The van der Waals surface area contributed by atoms with Gasteiger partial charge in [-0.25, -0.2) is 0 Å². The van der Waals surface area contributed by atoms with Crippen LogP contribution in [0.1, 0.15) is 42.9 Å². The Kier molecular flexibility index (Phi) is 5.19. The van der Waals surface area contributed by atoms with Crippen molar-refractivity contribution in [3.8, 4) is 0 Å². The van der Waals surface area contributed by atoms with E-state index in [1.54, 1.807) is 0 Å². The van der Waals surface area contributed by atoms with E-state index in [2.05, 4.69) is 45.2 Å². The first kappa shape index (κ1) is 18.4. The van der Waals surface area contributed by atoms with Gasteiger partial charge in [0.15, 0.2) is 0 Å². The molecule has 5 heteroatoms. The Hall–Kier alpha value is -0.973. The zero-order valence-corrected chi connectivity index (χ0v) is 17.2. The predicted molar refractivity (Wildman–Crippen MR) is 103 cm³/mol. The van der Waals surface area contributed by atoms with Crippen molar-refractivity contribution in [3.63, 3.8) is 0 Å². The fraction of sp³-hybridized carbons (Fsp3) is 0.444. The van der Waals surface area contributed by atoms with Crippen LogP contribution >= 0.6 is 23.1 Å². The van der Waals surface area contributed by atoms with Crippen LogP contribution < -0.4 is 5.19 Å². The van der Waals surface area contributed by atoms with Crippen molar-refractivity contribution in [1.82, 2.24) is 4.37 Å². The van der Waals surface area contributed by atoms with Gasteiger partial charge in [-0.15, -0.1) is 0 Å². The van der Waals surface area contributed by atoms with Crippen molar-refractivity contribution in [2.24, 2.45) is 5.92 Å². The second kappa shape index (κ2) is 6.50. The minimum absolute atomic E-state index is 0.0325. The summed E-state index contributed by atoms with van der Waals surface area (Å²) in [4.78, 5) is 13.7. The number of benzene rings is 1. The smallest absolute Gasteiger partial charge is 0.204 e. The third-order valence-electron chi connectivity index (χ3n) is 5.57. The highest BCUT2D eigenvalue weighted by Crippen LogP contribution is 2.45. The van der Waals surface area contributed by atoms with Crippen LogP contribution in [0, 0.1) is 5.92 Å². The van der Waals surface area contributed by atoms with Crippen LogP contribution in [0.5, 0.6) is 0 Å². The van der Waals surface area contributed by atoms with E-state index in [9.17, 15) is 4.79 Å². The maximum atomic E-state index is 13.0. The summed E-state index contributed by atoms with van der Waals surface area (Å²) < 4.78 is 4.32. The summed E-state index contributed by atoms with van der Waals surface area (Å²) in [7, 11) is -2.01. The lowest BCUT2D eigenvalue weighted by atomic mass is 9.99. The van der Waals surface area contributed by atoms with E-state index in [1.807, 2.05) is 30.3 Å². The SMILES string of the molecule is CC(C)C(C)(C)[Si](C)(C)c1c(Cl)nsc1C(=O)c1ccccc1. The molecule has 0 spiro atoms. The van der Waals surface area contributed by atoms with Gasteiger partial charge in [-0.3, -0.25) is 4.79 Å². The molecule has 2 nitrogen and oxygen atoms in total. The average Bonchev–Trinajstić information content (AvgIpc) is 2.89. The van der Waals surface area contributed by atoms with Gasteiger partial charge >= 0.3 is 0 Å². The van der Waals surface area contributed by atoms with Gasteiger partial charge in [0.1, 0.15) is 5.15 Å². The maximum Gasteiger partial charge on any atom is 0.204 e. The van der Waals surface area contributed by atoms with Crippen LogP contribution in [0.25, 0.3) is 0 Å². The van der Waals surface area contributed by atoms with E-state index in [1.165, 1.54) is 11.5 Å². The molecular weight excluding hydrogens is 342 g/mol. The lowest BCUT2D eigenvalue weighted by Crippen LogP contribution is -2.54. The first-order valence-corrected chi connectivity index (χ1v) is 12.0. The number of carbonyl (C=O) groups is 1. The number of ketones is 1. The summed E-state index contributed by atoms with van der Waals surface area (Å²) in [6, 6.07) is 9.38. The molecule has 1 aromatic heterocycles. The van der Waals surface area contributed by atoms with Crippen LogP contribution in [0.15, 0.2) is 30.3 Å². The summed E-state index contributed by atoms with van der Waals surface area (Å²) in [5.41, 5.74) is 0.696. The maximum absolute atomic E-state index is 13.0. The second-order valence-electron chi connectivity index (χ2n) is 7.37. The topological polar surface area (TPSA) is 30.0 Å².